The highest BCUT2D eigenvalue weighted by atomic mass is 35.5. The van der Waals surface area contributed by atoms with E-state index >= 15 is 0 Å². The number of ether oxygens (including phenoxy) is 1. The molecule has 1 N–H and O–H groups in total. The molecule has 1 rings (SSSR count). The third-order valence-electron chi connectivity index (χ3n) is 1.55. The van der Waals surface area contributed by atoms with Crippen molar-refractivity contribution in [3.8, 4) is 5.75 Å². The van der Waals surface area contributed by atoms with Gasteiger partial charge in [-0.15, -0.1) is 0 Å². The lowest BCUT2D eigenvalue weighted by molar-refractivity contribution is 0.0690. The summed E-state index contributed by atoms with van der Waals surface area (Å²) in [6, 6.07) is 4.65. The van der Waals surface area contributed by atoms with Gasteiger partial charge in [0.05, 0.1) is 11.1 Å². The molecule has 1 aromatic carbocycles. The number of aromatic carboxylic acids is 1. The average molecular weight is 215 g/mol. The van der Waals surface area contributed by atoms with Gasteiger partial charge in [-0.2, -0.15) is 0 Å². The Balaban J connectivity index is 3.15. The minimum atomic E-state index is -1.04. The van der Waals surface area contributed by atoms with Gasteiger partial charge in [-0.05, 0) is 26.0 Å². The van der Waals surface area contributed by atoms with Gasteiger partial charge in [-0.1, -0.05) is 17.7 Å². The fourth-order valence-electron chi connectivity index (χ4n) is 1.03. The Bertz CT molecular complexity index is 347. The molecule has 0 atom stereocenters. The molecular formula is C10H11ClO3. The molecule has 0 aromatic heterocycles. The minimum Gasteiger partial charge on any atom is -0.489 e. The van der Waals surface area contributed by atoms with E-state index in [0.717, 1.165) is 0 Å². The second-order valence-electron chi connectivity index (χ2n) is 3.09. The van der Waals surface area contributed by atoms with Crippen LogP contribution >= 0.6 is 11.6 Å². The summed E-state index contributed by atoms with van der Waals surface area (Å²) in [6.07, 6.45) is -0.104. The summed E-state index contributed by atoms with van der Waals surface area (Å²) < 4.78 is 5.32. The highest BCUT2D eigenvalue weighted by molar-refractivity contribution is 6.32. The van der Waals surface area contributed by atoms with Gasteiger partial charge in [0, 0.05) is 0 Å². The quantitative estimate of drug-likeness (QED) is 0.842. The fraction of sp³-hybridized carbons (Fsp3) is 0.300. The van der Waals surface area contributed by atoms with E-state index in [1.54, 1.807) is 12.1 Å². The van der Waals surface area contributed by atoms with E-state index in [1.165, 1.54) is 6.07 Å². The molecule has 0 aliphatic rings. The molecule has 0 fully saturated rings. The van der Waals surface area contributed by atoms with Crippen LogP contribution in [0, 0.1) is 0 Å². The maximum absolute atomic E-state index is 10.8. The van der Waals surface area contributed by atoms with Crippen LogP contribution in [0.25, 0.3) is 0 Å². The third-order valence-corrected chi connectivity index (χ3v) is 1.85. The molecule has 14 heavy (non-hydrogen) atoms. The Morgan fingerprint density at radius 1 is 1.50 bits per heavy atom. The van der Waals surface area contributed by atoms with Gasteiger partial charge < -0.3 is 9.84 Å². The van der Waals surface area contributed by atoms with Gasteiger partial charge in [-0.3, -0.25) is 0 Å². The van der Waals surface area contributed by atoms with Crippen molar-refractivity contribution in [3.05, 3.63) is 28.8 Å². The SMILES string of the molecule is CC(C)Oc1c(Cl)cccc1C(=O)O. The molecule has 0 unspecified atom stereocenters. The van der Waals surface area contributed by atoms with Gasteiger partial charge in [0.1, 0.15) is 5.56 Å². The van der Waals surface area contributed by atoms with Gasteiger partial charge in [-0.25, -0.2) is 4.79 Å². The number of carbonyl (C=O) groups is 1. The van der Waals surface area contributed by atoms with Gasteiger partial charge in [0.15, 0.2) is 5.75 Å². The minimum absolute atomic E-state index is 0.0891. The van der Waals surface area contributed by atoms with Crippen molar-refractivity contribution in [3.63, 3.8) is 0 Å². The van der Waals surface area contributed by atoms with Crippen molar-refractivity contribution in [2.24, 2.45) is 0 Å². The van der Waals surface area contributed by atoms with Crippen molar-refractivity contribution in [2.45, 2.75) is 20.0 Å². The van der Waals surface area contributed by atoms with E-state index in [4.69, 9.17) is 21.4 Å². The molecule has 0 heterocycles. The van der Waals surface area contributed by atoms with Crippen LogP contribution in [-0.4, -0.2) is 17.2 Å². The van der Waals surface area contributed by atoms with Crippen LogP contribution in [-0.2, 0) is 0 Å². The van der Waals surface area contributed by atoms with E-state index in [2.05, 4.69) is 0 Å². The topological polar surface area (TPSA) is 46.5 Å². The summed E-state index contributed by atoms with van der Waals surface area (Å²) in [5.41, 5.74) is 0.0891. The molecule has 0 spiro atoms. The molecule has 0 aliphatic carbocycles. The lowest BCUT2D eigenvalue weighted by Gasteiger charge is -2.13. The zero-order valence-corrected chi connectivity index (χ0v) is 8.71. The number of benzene rings is 1. The van der Waals surface area contributed by atoms with Crippen molar-refractivity contribution >= 4 is 17.6 Å². The van der Waals surface area contributed by atoms with Gasteiger partial charge >= 0.3 is 5.97 Å². The Morgan fingerprint density at radius 2 is 2.14 bits per heavy atom. The molecular weight excluding hydrogens is 204 g/mol. The normalized spacial score (nSPS) is 10.3. The zero-order chi connectivity index (χ0) is 10.7. The first kappa shape index (κ1) is 10.9. The Hall–Kier alpha value is -1.22. The average Bonchev–Trinajstić information content (AvgIpc) is 2.07. The Kier molecular flexibility index (Phi) is 3.36. The van der Waals surface area contributed by atoms with Crippen LogP contribution in [0.15, 0.2) is 18.2 Å². The van der Waals surface area contributed by atoms with Crippen LogP contribution < -0.4 is 4.74 Å². The lowest BCUT2D eigenvalue weighted by atomic mass is 10.2. The molecule has 1 aromatic rings. The maximum Gasteiger partial charge on any atom is 0.339 e. The first-order chi connectivity index (χ1) is 6.52. The summed E-state index contributed by atoms with van der Waals surface area (Å²) in [5, 5.41) is 9.18. The summed E-state index contributed by atoms with van der Waals surface area (Å²) in [5.74, 6) is -0.806. The molecule has 0 aliphatic heterocycles. The van der Waals surface area contributed by atoms with Crippen molar-refractivity contribution in [1.82, 2.24) is 0 Å². The highest BCUT2D eigenvalue weighted by Crippen LogP contribution is 2.29. The standard InChI is InChI=1S/C10H11ClO3/c1-6(2)14-9-7(10(12)13)4-3-5-8(9)11/h3-6H,1-2H3,(H,12,13). The van der Waals surface area contributed by atoms with Crippen LogP contribution in [0.3, 0.4) is 0 Å². The number of halogens is 1. The van der Waals surface area contributed by atoms with Crippen LogP contribution in [0.4, 0.5) is 0 Å². The summed E-state index contributed by atoms with van der Waals surface area (Å²) in [4.78, 5) is 10.8. The molecule has 4 heteroatoms. The van der Waals surface area contributed by atoms with E-state index in [1.807, 2.05) is 13.8 Å². The van der Waals surface area contributed by atoms with Gasteiger partial charge in [0.2, 0.25) is 0 Å². The third kappa shape index (κ3) is 2.39. The molecule has 0 saturated carbocycles. The van der Waals surface area contributed by atoms with E-state index in [9.17, 15) is 4.79 Å². The first-order valence-electron chi connectivity index (χ1n) is 4.21. The number of rotatable bonds is 3. The smallest absolute Gasteiger partial charge is 0.339 e. The molecule has 0 bridgehead atoms. The van der Waals surface area contributed by atoms with Crippen LogP contribution in [0.5, 0.6) is 5.75 Å². The molecule has 3 nitrogen and oxygen atoms in total. The zero-order valence-electron chi connectivity index (χ0n) is 7.95. The van der Waals surface area contributed by atoms with E-state index in [0.29, 0.717) is 5.02 Å². The number of para-hydroxylation sites is 1. The molecule has 0 saturated heterocycles. The second-order valence-corrected chi connectivity index (χ2v) is 3.50. The number of hydrogen-bond acceptors (Lipinski definition) is 2. The van der Waals surface area contributed by atoms with Crippen molar-refractivity contribution in [2.75, 3.05) is 0 Å². The molecule has 76 valence electrons. The molecule has 0 radical (unpaired) electrons. The Labute approximate surface area is 87.3 Å². The highest BCUT2D eigenvalue weighted by Gasteiger charge is 2.15. The Morgan fingerprint density at radius 3 is 2.64 bits per heavy atom. The summed E-state index contributed by atoms with van der Waals surface area (Å²) in [6.45, 7) is 3.63. The number of hydrogen-bond donors (Lipinski definition) is 1. The number of carboxylic acids is 1. The fourth-order valence-corrected chi connectivity index (χ4v) is 1.25. The van der Waals surface area contributed by atoms with E-state index in [-0.39, 0.29) is 17.4 Å². The summed E-state index contributed by atoms with van der Waals surface area (Å²) >= 11 is 5.83. The molecule has 0 amide bonds. The first-order valence-corrected chi connectivity index (χ1v) is 4.58. The summed E-state index contributed by atoms with van der Waals surface area (Å²) in [7, 11) is 0. The predicted molar refractivity (Wildman–Crippen MR) is 54.2 cm³/mol. The van der Waals surface area contributed by atoms with E-state index < -0.39 is 5.97 Å². The van der Waals surface area contributed by atoms with Crippen molar-refractivity contribution < 1.29 is 14.6 Å². The lowest BCUT2D eigenvalue weighted by Crippen LogP contribution is -2.10. The maximum atomic E-state index is 10.8. The van der Waals surface area contributed by atoms with Crippen molar-refractivity contribution in [1.29, 1.82) is 0 Å². The van der Waals surface area contributed by atoms with Gasteiger partial charge in [0.25, 0.3) is 0 Å². The second kappa shape index (κ2) is 4.33. The number of carboxylic acid groups (broad SMARTS) is 1. The largest absolute Gasteiger partial charge is 0.489 e. The predicted octanol–water partition coefficient (Wildman–Crippen LogP) is 2.83. The van der Waals surface area contributed by atoms with Crippen LogP contribution in [0.2, 0.25) is 5.02 Å². The monoisotopic (exact) mass is 214 g/mol. The van der Waals surface area contributed by atoms with Crippen LogP contribution in [0.1, 0.15) is 24.2 Å².